The molecule has 1 saturated heterocycles. The van der Waals surface area contributed by atoms with E-state index in [1.165, 1.54) is 24.2 Å². The highest BCUT2D eigenvalue weighted by molar-refractivity contribution is 7.80. The standard InChI is InChI=1S/C16H14N2O5S/c1-3-4-18-15(20)10(14(19)17-16(18)24)5-9-6-12-13(23-8-22-12)7-11(9)21-2/h3,5-7H,1,4,8H2,2H3,(H,17,19,24)/b10-5+. The number of hydrogen-bond acceptors (Lipinski definition) is 6. The van der Waals surface area contributed by atoms with E-state index in [2.05, 4.69) is 11.9 Å². The van der Waals surface area contributed by atoms with E-state index in [9.17, 15) is 9.59 Å². The molecular formula is C16H14N2O5S. The summed E-state index contributed by atoms with van der Waals surface area (Å²) in [4.78, 5) is 26.0. The van der Waals surface area contributed by atoms with E-state index in [-0.39, 0.29) is 24.0 Å². The molecule has 0 aliphatic carbocycles. The summed E-state index contributed by atoms with van der Waals surface area (Å²) in [6, 6.07) is 3.30. The van der Waals surface area contributed by atoms with Crippen LogP contribution in [0.2, 0.25) is 0 Å². The number of carbonyl (C=O) groups excluding carboxylic acids is 2. The molecule has 0 atom stereocenters. The maximum absolute atomic E-state index is 12.5. The van der Waals surface area contributed by atoms with Gasteiger partial charge in [-0.15, -0.1) is 6.58 Å². The van der Waals surface area contributed by atoms with E-state index in [1.807, 2.05) is 0 Å². The summed E-state index contributed by atoms with van der Waals surface area (Å²) in [5.41, 5.74) is 0.467. The molecule has 0 bridgehead atoms. The van der Waals surface area contributed by atoms with Crippen molar-refractivity contribution in [2.24, 2.45) is 0 Å². The van der Waals surface area contributed by atoms with Crippen molar-refractivity contribution in [3.8, 4) is 17.2 Å². The van der Waals surface area contributed by atoms with Crippen LogP contribution in [0.5, 0.6) is 17.2 Å². The van der Waals surface area contributed by atoms with Crippen molar-refractivity contribution < 1.29 is 23.8 Å². The zero-order chi connectivity index (χ0) is 17.3. The lowest BCUT2D eigenvalue weighted by atomic mass is 10.1. The van der Waals surface area contributed by atoms with Gasteiger partial charge in [0.05, 0.1) is 7.11 Å². The van der Waals surface area contributed by atoms with E-state index in [0.29, 0.717) is 22.8 Å². The molecule has 24 heavy (non-hydrogen) atoms. The van der Waals surface area contributed by atoms with Crippen LogP contribution >= 0.6 is 12.2 Å². The van der Waals surface area contributed by atoms with Crippen LogP contribution in [-0.4, -0.2) is 42.3 Å². The van der Waals surface area contributed by atoms with Crippen molar-refractivity contribution in [2.45, 2.75) is 0 Å². The molecule has 1 aromatic carbocycles. The normalized spacial score (nSPS) is 18.0. The molecule has 8 heteroatoms. The van der Waals surface area contributed by atoms with Gasteiger partial charge in [-0.05, 0) is 24.4 Å². The van der Waals surface area contributed by atoms with Crippen LogP contribution in [0.15, 0.2) is 30.4 Å². The molecule has 1 fully saturated rings. The number of nitrogens with one attached hydrogen (secondary N) is 1. The molecule has 3 rings (SSSR count). The quantitative estimate of drug-likeness (QED) is 0.383. The minimum absolute atomic E-state index is 0.0531. The van der Waals surface area contributed by atoms with Gasteiger partial charge in [-0.3, -0.25) is 19.8 Å². The Balaban J connectivity index is 2.03. The number of ether oxygens (including phenoxy) is 3. The zero-order valence-corrected chi connectivity index (χ0v) is 13.6. The Labute approximate surface area is 143 Å². The molecule has 1 aromatic rings. The van der Waals surface area contributed by atoms with Gasteiger partial charge in [0.1, 0.15) is 11.3 Å². The highest BCUT2D eigenvalue weighted by Crippen LogP contribution is 2.39. The summed E-state index contributed by atoms with van der Waals surface area (Å²) in [6.45, 7) is 3.89. The molecular weight excluding hydrogens is 332 g/mol. The van der Waals surface area contributed by atoms with Gasteiger partial charge in [-0.25, -0.2) is 0 Å². The van der Waals surface area contributed by atoms with Gasteiger partial charge in [-0.2, -0.15) is 0 Å². The molecule has 124 valence electrons. The third-order valence-electron chi connectivity index (χ3n) is 3.52. The Bertz CT molecular complexity index is 787. The van der Waals surface area contributed by atoms with Gasteiger partial charge < -0.3 is 14.2 Å². The summed E-state index contributed by atoms with van der Waals surface area (Å²) in [5.74, 6) is 0.455. The third-order valence-corrected chi connectivity index (χ3v) is 3.84. The summed E-state index contributed by atoms with van der Waals surface area (Å²) in [5, 5.41) is 2.54. The van der Waals surface area contributed by atoms with E-state index < -0.39 is 11.8 Å². The molecule has 2 amide bonds. The monoisotopic (exact) mass is 346 g/mol. The first kappa shape index (κ1) is 16.0. The summed E-state index contributed by atoms with van der Waals surface area (Å²) < 4.78 is 15.9. The minimum Gasteiger partial charge on any atom is -0.496 e. The lowest BCUT2D eigenvalue weighted by Crippen LogP contribution is -2.53. The van der Waals surface area contributed by atoms with Crippen LogP contribution in [0.25, 0.3) is 6.08 Å². The van der Waals surface area contributed by atoms with Gasteiger partial charge in [0.15, 0.2) is 16.6 Å². The van der Waals surface area contributed by atoms with Gasteiger partial charge in [-0.1, -0.05) is 6.08 Å². The first-order valence-electron chi connectivity index (χ1n) is 7.02. The van der Waals surface area contributed by atoms with E-state index >= 15 is 0 Å². The number of rotatable bonds is 4. The molecule has 0 saturated carbocycles. The highest BCUT2D eigenvalue weighted by atomic mass is 32.1. The molecule has 0 unspecified atom stereocenters. The molecule has 2 aliphatic heterocycles. The van der Waals surface area contributed by atoms with Crippen LogP contribution in [0.3, 0.4) is 0 Å². The van der Waals surface area contributed by atoms with E-state index in [1.54, 1.807) is 12.1 Å². The van der Waals surface area contributed by atoms with Crippen LogP contribution in [0, 0.1) is 0 Å². The largest absolute Gasteiger partial charge is 0.496 e. The SMILES string of the molecule is C=CCN1C(=O)/C(=C/c2cc3c(cc2OC)OCO3)C(=O)NC1=S. The fourth-order valence-electron chi connectivity index (χ4n) is 2.37. The predicted octanol–water partition coefficient (Wildman–Crippen LogP) is 1.24. The number of amides is 2. The number of fused-ring (bicyclic) bond motifs is 1. The Hall–Kier alpha value is -2.87. The van der Waals surface area contributed by atoms with Crippen molar-refractivity contribution in [1.29, 1.82) is 0 Å². The Morgan fingerprint density at radius 2 is 2.08 bits per heavy atom. The number of hydrogen-bond donors (Lipinski definition) is 1. The van der Waals surface area contributed by atoms with Crippen LogP contribution in [0.1, 0.15) is 5.56 Å². The van der Waals surface area contributed by atoms with Gasteiger partial charge in [0.25, 0.3) is 11.8 Å². The van der Waals surface area contributed by atoms with Gasteiger partial charge in [0, 0.05) is 18.2 Å². The number of carbonyl (C=O) groups is 2. The first-order chi connectivity index (χ1) is 11.5. The fourth-order valence-corrected chi connectivity index (χ4v) is 2.62. The molecule has 0 spiro atoms. The van der Waals surface area contributed by atoms with Crippen LogP contribution in [0.4, 0.5) is 0 Å². The fraction of sp³-hybridized carbons (Fsp3) is 0.188. The van der Waals surface area contributed by atoms with Crippen molar-refractivity contribution in [1.82, 2.24) is 10.2 Å². The molecule has 0 aromatic heterocycles. The first-order valence-corrected chi connectivity index (χ1v) is 7.43. The lowest BCUT2D eigenvalue weighted by Gasteiger charge is -2.27. The average Bonchev–Trinajstić information content (AvgIpc) is 3.01. The Morgan fingerprint density at radius 1 is 1.38 bits per heavy atom. The maximum atomic E-state index is 12.5. The average molecular weight is 346 g/mol. The molecule has 2 aliphatic rings. The smallest absolute Gasteiger partial charge is 0.265 e. The summed E-state index contributed by atoms with van der Waals surface area (Å²) in [7, 11) is 1.49. The van der Waals surface area contributed by atoms with Crippen LogP contribution in [-0.2, 0) is 9.59 Å². The second-order valence-corrected chi connectivity index (χ2v) is 5.36. The predicted molar refractivity (Wildman–Crippen MR) is 89.7 cm³/mol. The summed E-state index contributed by atoms with van der Waals surface area (Å²) in [6.07, 6.45) is 2.97. The van der Waals surface area contributed by atoms with Crippen molar-refractivity contribution in [3.63, 3.8) is 0 Å². The third kappa shape index (κ3) is 2.71. The Kier molecular flexibility index (Phi) is 4.22. The van der Waals surface area contributed by atoms with Gasteiger partial charge in [0.2, 0.25) is 6.79 Å². The van der Waals surface area contributed by atoms with Gasteiger partial charge >= 0.3 is 0 Å². The topological polar surface area (TPSA) is 77.1 Å². The maximum Gasteiger partial charge on any atom is 0.265 e. The molecule has 2 heterocycles. The highest BCUT2D eigenvalue weighted by Gasteiger charge is 2.33. The zero-order valence-electron chi connectivity index (χ0n) is 12.8. The van der Waals surface area contributed by atoms with Crippen LogP contribution < -0.4 is 19.5 Å². The second-order valence-electron chi connectivity index (χ2n) is 4.97. The second kappa shape index (κ2) is 6.32. The van der Waals surface area contributed by atoms with E-state index in [0.717, 1.165) is 0 Å². The lowest BCUT2D eigenvalue weighted by molar-refractivity contribution is -0.128. The molecule has 7 nitrogen and oxygen atoms in total. The van der Waals surface area contributed by atoms with E-state index in [4.69, 9.17) is 26.4 Å². The summed E-state index contributed by atoms with van der Waals surface area (Å²) >= 11 is 5.01. The molecule has 0 radical (unpaired) electrons. The molecule has 1 N–H and O–H groups in total. The number of benzene rings is 1. The number of nitrogens with zero attached hydrogens (tertiary/aromatic N) is 1. The number of methoxy groups -OCH3 is 1. The van der Waals surface area contributed by atoms with Crippen molar-refractivity contribution >= 4 is 35.2 Å². The van der Waals surface area contributed by atoms with Crippen molar-refractivity contribution in [2.75, 3.05) is 20.4 Å². The van der Waals surface area contributed by atoms with Crippen molar-refractivity contribution in [3.05, 3.63) is 35.9 Å². The Morgan fingerprint density at radius 3 is 2.75 bits per heavy atom. The number of thiocarbonyl (C=S) groups is 1. The minimum atomic E-state index is -0.565.